The number of hydrogen-bond donors (Lipinski definition) is 1. The molecule has 152 valence electrons. The number of amides is 3. The Morgan fingerprint density at radius 2 is 1.80 bits per heavy atom. The van der Waals surface area contributed by atoms with Crippen molar-refractivity contribution in [3.05, 3.63) is 78.1 Å². The summed E-state index contributed by atoms with van der Waals surface area (Å²) in [7, 11) is 0. The first-order chi connectivity index (χ1) is 14.7. The molecule has 1 aromatic heterocycles. The van der Waals surface area contributed by atoms with Gasteiger partial charge in [0.2, 0.25) is 5.91 Å². The van der Waals surface area contributed by atoms with Gasteiger partial charge in [-0.3, -0.25) is 14.7 Å². The maximum atomic E-state index is 13.5. The van der Waals surface area contributed by atoms with E-state index in [0.29, 0.717) is 12.2 Å². The lowest BCUT2D eigenvalue weighted by Crippen LogP contribution is -2.68. The van der Waals surface area contributed by atoms with Crippen molar-refractivity contribution in [1.82, 2.24) is 20.1 Å². The van der Waals surface area contributed by atoms with E-state index in [1.807, 2.05) is 41.3 Å². The molecule has 2 saturated heterocycles. The maximum absolute atomic E-state index is 13.5. The molecule has 0 radical (unpaired) electrons. The summed E-state index contributed by atoms with van der Waals surface area (Å²) in [5.41, 5.74) is 1.80. The molecule has 2 fully saturated rings. The lowest BCUT2D eigenvalue weighted by molar-refractivity contribution is -0.137. The zero-order valence-electron chi connectivity index (χ0n) is 16.7. The molecule has 2 aliphatic heterocycles. The third-order valence-electron chi connectivity index (χ3n) is 6.10. The van der Waals surface area contributed by atoms with Gasteiger partial charge in [0.05, 0.1) is 18.3 Å². The number of carbonyl (C=O) groups excluding carboxylic acids is 2. The number of rotatable bonds is 4. The van der Waals surface area contributed by atoms with Crippen molar-refractivity contribution >= 4 is 22.7 Å². The average molecular weight is 400 g/mol. The minimum atomic E-state index is -0.366. The molecular formula is C24H24N4O2. The minimum absolute atomic E-state index is 0.127. The van der Waals surface area contributed by atoms with Crippen LogP contribution in [0.2, 0.25) is 0 Å². The Morgan fingerprint density at radius 3 is 2.67 bits per heavy atom. The van der Waals surface area contributed by atoms with Gasteiger partial charge in [0.15, 0.2) is 0 Å². The monoisotopic (exact) mass is 400 g/mol. The first kappa shape index (κ1) is 18.8. The van der Waals surface area contributed by atoms with Gasteiger partial charge < -0.3 is 10.2 Å². The summed E-state index contributed by atoms with van der Waals surface area (Å²) in [6.07, 6.45) is 3.47. The first-order valence-corrected chi connectivity index (χ1v) is 10.4. The molecule has 3 heterocycles. The Labute approximate surface area is 175 Å². The van der Waals surface area contributed by atoms with E-state index in [0.717, 1.165) is 35.7 Å². The second-order valence-electron chi connectivity index (χ2n) is 7.94. The van der Waals surface area contributed by atoms with Crippen molar-refractivity contribution in [2.24, 2.45) is 0 Å². The zero-order chi connectivity index (χ0) is 20.5. The van der Waals surface area contributed by atoms with Crippen LogP contribution < -0.4 is 5.32 Å². The highest BCUT2D eigenvalue weighted by molar-refractivity contribution is 6.00. The van der Waals surface area contributed by atoms with E-state index in [1.165, 1.54) is 4.90 Å². The number of fused-ring (bicyclic) bond motifs is 2. The average Bonchev–Trinajstić information content (AvgIpc) is 2.80. The molecule has 2 aliphatic rings. The van der Waals surface area contributed by atoms with Crippen LogP contribution in [0.5, 0.6) is 0 Å². The van der Waals surface area contributed by atoms with Crippen LogP contribution in [0.25, 0.3) is 10.8 Å². The Balaban J connectivity index is 1.50. The summed E-state index contributed by atoms with van der Waals surface area (Å²) < 4.78 is 0. The molecule has 0 aliphatic carbocycles. The summed E-state index contributed by atoms with van der Waals surface area (Å²) in [5, 5.41) is 5.65. The molecule has 0 saturated carbocycles. The number of urea groups is 1. The number of hydrogen-bond acceptors (Lipinski definition) is 4. The van der Waals surface area contributed by atoms with E-state index in [9.17, 15) is 9.59 Å². The van der Waals surface area contributed by atoms with E-state index >= 15 is 0 Å². The van der Waals surface area contributed by atoms with Crippen molar-refractivity contribution in [2.75, 3.05) is 6.54 Å². The van der Waals surface area contributed by atoms with Crippen LogP contribution in [-0.2, 0) is 17.9 Å². The molecule has 2 aromatic carbocycles. The van der Waals surface area contributed by atoms with Gasteiger partial charge in [0.1, 0.15) is 6.04 Å². The molecule has 0 spiro atoms. The Bertz CT molecular complexity index is 1080. The molecular weight excluding hydrogens is 376 g/mol. The number of nitrogens with zero attached hydrogens (tertiary/aromatic N) is 3. The van der Waals surface area contributed by atoms with Crippen molar-refractivity contribution in [3.8, 4) is 0 Å². The molecule has 0 bridgehead atoms. The van der Waals surface area contributed by atoms with Crippen LogP contribution in [0, 0.1) is 0 Å². The summed E-state index contributed by atoms with van der Waals surface area (Å²) in [4.78, 5) is 34.2. The molecule has 5 rings (SSSR count). The van der Waals surface area contributed by atoms with Gasteiger partial charge in [-0.05, 0) is 47.9 Å². The Kier molecular flexibility index (Phi) is 4.93. The van der Waals surface area contributed by atoms with Crippen LogP contribution in [0.4, 0.5) is 4.79 Å². The number of aromatic nitrogens is 1. The predicted octanol–water partition coefficient (Wildman–Crippen LogP) is 3.32. The summed E-state index contributed by atoms with van der Waals surface area (Å²) in [5.74, 6) is -0.149. The van der Waals surface area contributed by atoms with E-state index in [1.54, 1.807) is 6.20 Å². The highest BCUT2D eigenvalue weighted by atomic mass is 16.2. The van der Waals surface area contributed by atoms with E-state index in [4.69, 9.17) is 0 Å². The second kappa shape index (κ2) is 7.88. The minimum Gasteiger partial charge on any atom is -0.315 e. The van der Waals surface area contributed by atoms with Gasteiger partial charge in [-0.25, -0.2) is 4.79 Å². The molecule has 3 aromatic rings. The summed E-state index contributed by atoms with van der Waals surface area (Å²) >= 11 is 0. The number of carbonyl (C=O) groups is 2. The number of benzene rings is 2. The first-order valence-electron chi connectivity index (χ1n) is 10.4. The number of piperidine rings is 1. The third-order valence-corrected chi connectivity index (χ3v) is 6.10. The number of imide groups is 1. The van der Waals surface area contributed by atoms with Crippen LogP contribution in [0.1, 0.15) is 24.1 Å². The molecule has 3 amide bonds. The Hall–Kier alpha value is -3.25. The van der Waals surface area contributed by atoms with E-state index in [2.05, 4.69) is 34.6 Å². The largest absolute Gasteiger partial charge is 0.327 e. The van der Waals surface area contributed by atoms with Crippen molar-refractivity contribution in [2.45, 2.75) is 38.0 Å². The predicted molar refractivity (Wildman–Crippen MR) is 114 cm³/mol. The van der Waals surface area contributed by atoms with E-state index < -0.39 is 0 Å². The SMILES string of the molecule is O=C1C2NCCCC2N(Cc2cccc3ccccc23)C(=O)N1Cc1ccccn1. The van der Waals surface area contributed by atoms with Crippen molar-refractivity contribution < 1.29 is 9.59 Å². The highest BCUT2D eigenvalue weighted by Crippen LogP contribution is 2.29. The molecule has 2 atom stereocenters. The van der Waals surface area contributed by atoms with Crippen LogP contribution >= 0.6 is 0 Å². The van der Waals surface area contributed by atoms with Gasteiger partial charge in [0.25, 0.3) is 0 Å². The van der Waals surface area contributed by atoms with Gasteiger partial charge in [-0.15, -0.1) is 0 Å². The van der Waals surface area contributed by atoms with Crippen molar-refractivity contribution in [1.29, 1.82) is 0 Å². The third kappa shape index (κ3) is 3.33. The quantitative estimate of drug-likeness (QED) is 0.730. The van der Waals surface area contributed by atoms with Crippen LogP contribution in [0.3, 0.4) is 0 Å². The van der Waals surface area contributed by atoms with Gasteiger partial charge >= 0.3 is 6.03 Å². The molecule has 6 nitrogen and oxygen atoms in total. The number of pyridine rings is 1. The zero-order valence-corrected chi connectivity index (χ0v) is 16.7. The Morgan fingerprint density at radius 1 is 0.967 bits per heavy atom. The van der Waals surface area contributed by atoms with Crippen LogP contribution in [0.15, 0.2) is 66.9 Å². The smallest absolute Gasteiger partial charge is 0.315 e. The maximum Gasteiger partial charge on any atom is 0.327 e. The summed E-state index contributed by atoms with van der Waals surface area (Å²) in [6.45, 7) is 1.46. The van der Waals surface area contributed by atoms with Crippen LogP contribution in [-0.4, -0.2) is 45.4 Å². The van der Waals surface area contributed by atoms with Gasteiger partial charge in [-0.2, -0.15) is 0 Å². The lowest BCUT2D eigenvalue weighted by Gasteiger charge is -2.47. The fraction of sp³-hybridized carbons (Fsp3) is 0.292. The normalized spacial score (nSPS) is 21.7. The fourth-order valence-electron chi connectivity index (χ4n) is 4.62. The van der Waals surface area contributed by atoms with Crippen molar-refractivity contribution in [3.63, 3.8) is 0 Å². The summed E-state index contributed by atoms with van der Waals surface area (Å²) in [6, 6.07) is 19.2. The second-order valence-corrected chi connectivity index (χ2v) is 7.94. The molecule has 30 heavy (non-hydrogen) atoms. The lowest BCUT2D eigenvalue weighted by atomic mass is 9.92. The standard InChI is InChI=1S/C24H24N4O2/c29-23-22-21(12-6-14-26-22)27(24(30)28(23)16-19-10-3-4-13-25-19)15-18-9-5-8-17-7-1-2-11-20(17)18/h1-5,7-11,13,21-22,26H,6,12,14-16H2. The van der Waals surface area contributed by atoms with E-state index in [-0.39, 0.29) is 30.6 Å². The fourth-order valence-corrected chi connectivity index (χ4v) is 4.62. The highest BCUT2D eigenvalue weighted by Gasteiger charge is 2.47. The number of nitrogens with one attached hydrogen (secondary N) is 1. The molecule has 6 heteroatoms. The molecule has 1 N–H and O–H groups in total. The topological polar surface area (TPSA) is 65.5 Å². The van der Waals surface area contributed by atoms with Gasteiger partial charge in [0, 0.05) is 12.7 Å². The molecule has 2 unspecified atom stereocenters. The van der Waals surface area contributed by atoms with Gasteiger partial charge in [-0.1, -0.05) is 48.5 Å².